The first-order valence-electron chi connectivity index (χ1n) is 8.45. The van der Waals surface area contributed by atoms with Gasteiger partial charge in [0.05, 0.1) is 4.90 Å². The highest BCUT2D eigenvalue weighted by Crippen LogP contribution is 2.18. The highest BCUT2D eigenvalue weighted by Gasteiger charge is 2.19. The highest BCUT2D eigenvalue weighted by atomic mass is 32.2. The first kappa shape index (κ1) is 19.7. The number of rotatable bonds is 7. The van der Waals surface area contributed by atoms with E-state index >= 15 is 0 Å². The molecule has 1 aromatic heterocycles. The van der Waals surface area contributed by atoms with Gasteiger partial charge in [-0.25, -0.2) is 8.42 Å². The number of carbonyl (C=O) groups is 1. The number of carbonyl (C=O) groups excluding carboxylic acids is 1. The number of ether oxygens (including phenoxy) is 1. The van der Waals surface area contributed by atoms with E-state index in [1.807, 2.05) is 36.4 Å². The number of sulfonamides is 1. The monoisotopic (exact) mass is 401 g/mol. The number of hydrogen-bond acceptors (Lipinski definition) is 7. The summed E-state index contributed by atoms with van der Waals surface area (Å²) in [5.41, 5.74) is 2.14. The van der Waals surface area contributed by atoms with E-state index in [0.717, 1.165) is 11.1 Å². The topological polar surface area (TPSA) is 111 Å². The van der Waals surface area contributed by atoms with E-state index in [1.54, 1.807) is 26.0 Å². The molecule has 0 unspecified atom stereocenters. The molecule has 0 spiro atoms. The zero-order valence-electron chi connectivity index (χ0n) is 15.4. The smallest absolute Gasteiger partial charge is 0.321 e. The fourth-order valence-electron chi connectivity index (χ4n) is 2.43. The van der Waals surface area contributed by atoms with Crippen molar-refractivity contribution in [3.05, 3.63) is 65.5 Å². The molecule has 0 aliphatic heterocycles. The lowest BCUT2D eigenvalue weighted by Crippen LogP contribution is -2.31. The molecule has 0 aliphatic carbocycles. The molecular weight excluding hydrogens is 382 g/mol. The second-order valence-corrected chi connectivity index (χ2v) is 7.86. The van der Waals surface area contributed by atoms with Gasteiger partial charge in [-0.3, -0.25) is 4.79 Å². The van der Waals surface area contributed by atoms with Crippen LogP contribution < -0.4 is 4.72 Å². The molecule has 0 atom stereocenters. The molecule has 1 N–H and O–H groups in total. The molecule has 3 rings (SSSR count). The Morgan fingerprint density at radius 2 is 1.86 bits per heavy atom. The number of hydrogen-bond donors (Lipinski definition) is 1. The van der Waals surface area contributed by atoms with Crippen LogP contribution in [0.2, 0.25) is 0 Å². The Kier molecular flexibility index (Phi) is 5.86. The highest BCUT2D eigenvalue weighted by molar-refractivity contribution is 7.89. The fraction of sp³-hybridized carbons (Fsp3) is 0.211. The third kappa shape index (κ3) is 4.81. The summed E-state index contributed by atoms with van der Waals surface area (Å²) in [5, 5.41) is 7.70. The Balaban J connectivity index is 1.55. The van der Waals surface area contributed by atoms with Crippen LogP contribution in [0.1, 0.15) is 17.0 Å². The Morgan fingerprint density at radius 1 is 1.11 bits per heavy atom. The molecule has 28 heavy (non-hydrogen) atoms. The average molecular weight is 401 g/mol. The first-order valence-corrected chi connectivity index (χ1v) is 9.94. The Labute approximate surface area is 162 Å². The molecule has 0 amide bonds. The maximum absolute atomic E-state index is 12.4. The molecule has 9 heteroatoms. The normalized spacial score (nSPS) is 11.4. The number of nitrogens with zero attached hydrogens (tertiary/aromatic N) is 2. The van der Waals surface area contributed by atoms with Gasteiger partial charge < -0.3 is 9.15 Å². The first-order chi connectivity index (χ1) is 13.3. The molecule has 0 aliphatic rings. The van der Waals surface area contributed by atoms with Crippen LogP contribution >= 0.6 is 0 Å². The van der Waals surface area contributed by atoms with Crippen LogP contribution in [0.15, 0.2) is 57.8 Å². The van der Waals surface area contributed by atoms with Crippen molar-refractivity contribution in [3.63, 3.8) is 0 Å². The third-order valence-corrected chi connectivity index (χ3v) is 5.43. The van der Waals surface area contributed by atoms with Crippen LogP contribution in [-0.4, -0.2) is 31.1 Å². The average Bonchev–Trinajstić information content (AvgIpc) is 3.16. The van der Waals surface area contributed by atoms with Gasteiger partial charge in [-0.05, 0) is 43.2 Å². The summed E-state index contributed by atoms with van der Waals surface area (Å²) >= 11 is 0. The van der Waals surface area contributed by atoms with Gasteiger partial charge in [0.2, 0.25) is 15.9 Å². The number of aryl methyl sites for hydroxylation is 2. The van der Waals surface area contributed by atoms with E-state index < -0.39 is 22.5 Å². The largest absolute Gasteiger partial charge is 0.455 e. The predicted molar refractivity (Wildman–Crippen MR) is 101 cm³/mol. The zero-order valence-corrected chi connectivity index (χ0v) is 16.2. The van der Waals surface area contributed by atoms with Crippen molar-refractivity contribution in [2.24, 2.45) is 0 Å². The van der Waals surface area contributed by atoms with Gasteiger partial charge in [-0.15, -0.1) is 10.2 Å². The van der Waals surface area contributed by atoms with Crippen molar-refractivity contribution in [1.82, 2.24) is 14.9 Å². The second-order valence-electron chi connectivity index (χ2n) is 6.12. The quantitative estimate of drug-likeness (QED) is 0.605. The fourth-order valence-corrected chi connectivity index (χ4v) is 3.73. The van der Waals surface area contributed by atoms with Gasteiger partial charge in [0.1, 0.15) is 6.54 Å². The minimum Gasteiger partial charge on any atom is -0.455 e. The maximum atomic E-state index is 12.4. The molecule has 0 saturated carbocycles. The molecule has 1 heterocycles. The summed E-state index contributed by atoms with van der Waals surface area (Å²) < 4.78 is 37.4. The van der Waals surface area contributed by atoms with Crippen LogP contribution in [-0.2, 0) is 26.2 Å². The number of aromatic nitrogens is 2. The standard InChI is InChI=1S/C19H19N3O5S/c1-13-8-9-14(2)16(10-13)28(24,25)20-11-18(23)26-12-17-21-22-19(27-17)15-6-4-3-5-7-15/h3-10,20H,11-12H2,1-2H3. The van der Waals surface area contributed by atoms with E-state index in [2.05, 4.69) is 14.9 Å². The van der Waals surface area contributed by atoms with Crippen LogP contribution in [0.5, 0.6) is 0 Å². The Morgan fingerprint density at radius 3 is 2.61 bits per heavy atom. The van der Waals surface area contributed by atoms with E-state index in [0.29, 0.717) is 11.5 Å². The van der Waals surface area contributed by atoms with Gasteiger partial charge in [-0.1, -0.05) is 30.3 Å². The molecule has 0 saturated heterocycles. The van der Waals surface area contributed by atoms with Crippen molar-refractivity contribution in [2.75, 3.05) is 6.54 Å². The van der Waals surface area contributed by atoms with E-state index in [4.69, 9.17) is 9.15 Å². The van der Waals surface area contributed by atoms with Crippen LogP contribution in [0, 0.1) is 13.8 Å². The summed E-state index contributed by atoms with van der Waals surface area (Å²) in [4.78, 5) is 12.0. The van der Waals surface area contributed by atoms with Crippen molar-refractivity contribution >= 4 is 16.0 Å². The Hall–Kier alpha value is -3.04. The molecule has 8 nitrogen and oxygen atoms in total. The molecule has 0 fully saturated rings. The van der Waals surface area contributed by atoms with Crippen molar-refractivity contribution in [3.8, 4) is 11.5 Å². The van der Waals surface area contributed by atoms with Gasteiger partial charge in [0, 0.05) is 5.56 Å². The molecular formula is C19H19N3O5S. The minimum absolute atomic E-state index is 0.115. The SMILES string of the molecule is Cc1ccc(C)c(S(=O)(=O)NCC(=O)OCc2nnc(-c3ccccc3)o2)c1. The lowest BCUT2D eigenvalue weighted by Gasteiger charge is -2.09. The number of nitrogens with one attached hydrogen (secondary N) is 1. The minimum atomic E-state index is -3.83. The van der Waals surface area contributed by atoms with Crippen LogP contribution in [0.3, 0.4) is 0 Å². The Bertz CT molecular complexity index is 1080. The second kappa shape index (κ2) is 8.32. The molecule has 0 radical (unpaired) electrons. The van der Waals surface area contributed by atoms with Gasteiger partial charge in [0.15, 0.2) is 6.61 Å². The van der Waals surface area contributed by atoms with Crippen molar-refractivity contribution < 1.29 is 22.4 Å². The zero-order chi connectivity index (χ0) is 20.1. The summed E-state index contributed by atoms with van der Waals surface area (Å²) in [6.45, 7) is 2.73. The number of esters is 1. The number of benzene rings is 2. The van der Waals surface area contributed by atoms with Crippen LogP contribution in [0.4, 0.5) is 0 Å². The summed E-state index contributed by atoms with van der Waals surface area (Å²) in [5.74, 6) is -0.333. The lowest BCUT2D eigenvalue weighted by molar-refractivity contribution is -0.144. The molecule has 3 aromatic rings. The summed E-state index contributed by atoms with van der Waals surface area (Å²) in [7, 11) is -3.83. The summed E-state index contributed by atoms with van der Waals surface area (Å²) in [6.07, 6.45) is 0. The third-order valence-electron chi connectivity index (χ3n) is 3.88. The van der Waals surface area contributed by atoms with Crippen molar-refractivity contribution in [1.29, 1.82) is 0 Å². The van der Waals surface area contributed by atoms with Gasteiger partial charge in [-0.2, -0.15) is 4.72 Å². The molecule has 146 valence electrons. The van der Waals surface area contributed by atoms with Gasteiger partial charge >= 0.3 is 5.97 Å². The lowest BCUT2D eigenvalue weighted by atomic mass is 10.2. The predicted octanol–water partition coefficient (Wildman–Crippen LogP) is 2.38. The van der Waals surface area contributed by atoms with E-state index in [1.165, 1.54) is 0 Å². The van der Waals surface area contributed by atoms with E-state index in [-0.39, 0.29) is 17.4 Å². The van der Waals surface area contributed by atoms with Crippen LogP contribution in [0.25, 0.3) is 11.5 Å². The summed E-state index contributed by atoms with van der Waals surface area (Å²) in [6, 6.07) is 14.2. The van der Waals surface area contributed by atoms with Crippen molar-refractivity contribution in [2.45, 2.75) is 25.3 Å². The molecule has 0 bridgehead atoms. The van der Waals surface area contributed by atoms with E-state index in [9.17, 15) is 13.2 Å². The maximum Gasteiger partial charge on any atom is 0.321 e. The van der Waals surface area contributed by atoms with Gasteiger partial charge in [0.25, 0.3) is 5.89 Å². The molecule has 2 aromatic carbocycles.